The summed E-state index contributed by atoms with van der Waals surface area (Å²) in [6.45, 7) is 2.38. The van der Waals surface area contributed by atoms with Crippen molar-refractivity contribution in [3.63, 3.8) is 0 Å². The van der Waals surface area contributed by atoms with E-state index in [1.807, 2.05) is 79.7 Å². The van der Waals surface area contributed by atoms with Crippen LogP contribution in [0.5, 0.6) is 0 Å². The van der Waals surface area contributed by atoms with E-state index in [2.05, 4.69) is 45.8 Å². The van der Waals surface area contributed by atoms with Crippen LogP contribution < -0.4 is 5.32 Å². The zero-order chi connectivity index (χ0) is 30.3. The summed E-state index contributed by atoms with van der Waals surface area (Å²) in [4.78, 5) is 12.6. The van der Waals surface area contributed by atoms with Crippen molar-refractivity contribution >= 4 is 29.0 Å². The Kier molecular flexibility index (Phi) is 9.80. The summed E-state index contributed by atoms with van der Waals surface area (Å²) in [6.07, 6.45) is -0.0432. The van der Waals surface area contributed by atoms with Crippen molar-refractivity contribution < 1.29 is 19.4 Å². The van der Waals surface area contributed by atoms with Gasteiger partial charge in [-0.15, -0.1) is 10.2 Å². The van der Waals surface area contributed by atoms with Crippen molar-refractivity contribution in [1.29, 1.82) is 0 Å². The molecule has 1 aliphatic rings. The summed E-state index contributed by atoms with van der Waals surface area (Å²) < 4.78 is 14.0. The van der Waals surface area contributed by atoms with Crippen molar-refractivity contribution in [1.82, 2.24) is 15.5 Å². The highest BCUT2D eigenvalue weighted by Crippen LogP contribution is 2.40. The molecule has 3 atom stereocenters. The molecule has 1 amide bonds. The molecule has 0 aliphatic carbocycles. The Balaban J connectivity index is 1.18. The molecular weight excluding hydrogens is 591 g/mol. The first-order valence-electron chi connectivity index (χ1n) is 14.5. The van der Waals surface area contributed by atoms with Gasteiger partial charge in [0.15, 0.2) is 10.6 Å². The van der Waals surface area contributed by atoms with Crippen LogP contribution in [-0.4, -0.2) is 33.1 Å². The lowest BCUT2D eigenvalue weighted by Gasteiger charge is -2.36. The lowest BCUT2D eigenvalue weighted by Crippen LogP contribution is -2.31. The molecule has 44 heavy (non-hydrogen) atoms. The van der Waals surface area contributed by atoms with E-state index in [-0.39, 0.29) is 24.7 Å². The Hall–Kier alpha value is -3.86. The number of aliphatic hydroxyl groups excluding tert-OH is 1. The highest BCUT2D eigenvalue weighted by molar-refractivity contribution is 8.01. The Morgan fingerprint density at radius 1 is 0.909 bits per heavy atom. The van der Waals surface area contributed by atoms with Crippen molar-refractivity contribution in [2.75, 3.05) is 5.75 Å². The first-order chi connectivity index (χ1) is 21.6. The minimum Gasteiger partial charge on any atom is -0.392 e. The van der Waals surface area contributed by atoms with Crippen molar-refractivity contribution in [2.24, 2.45) is 0 Å². The van der Waals surface area contributed by atoms with E-state index in [1.54, 1.807) is 23.1 Å². The topological polar surface area (TPSA) is 93.6 Å². The number of aliphatic hydroxyl groups is 1. The van der Waals surface area contributed by atoms with Crippen LogP contribution in [0.3, 0.4) is 0 Å². The molecular formula is C35H33N3O4S2. The normalized spacial score (nSPS) is 18.2. The lowest BCUT2D eigenvalue weighted by molar-refractivity contribution is -0.245. The van der Waals surface area contributed by atoms with E-state index in [0.29, 0.717) is 18.5 Å². The van der Waals surface area contributed by atoms with Gasteiger partial charge in [0.25, 0.3) is 5.91 Å². The number of benzene rings is 4. The smallest absolute Gasteiger partial charge is 0.251 e. The SMILES string of the molecule is Cc1nnc(SC[C@@H]2C[C@H](c3ccc(CO)cc3)O[C@H](c3ccc(-c4ccccc4CNC(=O)c4ccccc4)cc3)O2)s1. The fraction of sp³-hybridized carbons (Fsp3) is 0.229. The van der Waals surface area contributed by atoms with E-state index in [1.165, 1.54) is 0 Å². The van der Waals surface area contributed by atoms with Gasteiger partial charge in [-0.2, -0.15) is 0 Å². The number of nitrogens with zero attached hydrogens (tertiary/aromatic N) is 2. The van der Waals surface area contributed by atoms with Crippen LogP contribution in [0.1, 0.15) is 56.4 Å². The van der Waals surface area contributed by atoms with Gasteiger partial charge in [0, 0.05) is 29.8 Å². The van der Waals surface area contributed by atoms with Gasteiger partial charge in [-0.05, 0) is 46.9 Å². The molecule has 7 nitrogen and oxygen atoms in total. The zero-order valence-corrected chi connectivity index (χ0v) is 25.9. The second-order valence-corrected chi connectivity index (χ2v) is 13.0. The van der Waals surface area contributed by atoms with Gasteiger partial charge in [-0.25, -0.2) is 0 Å². The molecule has 5 aromatic rings. The van der Waals surface area contributed by atoms with Crippen LogP contribution in [-0.2, 0) is 22.6 Å². The van der Waals surface area contributed by atoms with Crippen LogP contribution in [0, 0.1) is 6.92 Å². The number of amides is 1. The molecule has 1 aliphatic heterocycles. The first-order valence-corrected chi connectivity index (χ1v) is 16.3. The zero-order valence-electron chi connectivity index (χ0n) is 24.3. The van der Waals surface area contributed by atoms with Crippen LogP contribution in [0.2, 0.25) is 0 Å². The van der Waals surface area contributed by atoms with Crippen molar-refractivity contribution in [3.8, 4) is 11.1 Å². The molecule has 2 heterocycles. The maximum atomic E-state index is 12.6. The van der Waals surface area contributed by atoms with Crippen LogP contribution in [0.25, 0.3) is 11.1 Å². The van der Waals surface area contributed by atoms with E-state index in [0.717, 1.165) is 48.5 Å². The molecule has 1 aromatic heterocycles. The fourth-order valence-corrected chi connectivity index (χ4v) is 7.03. The molecule has 4 aromatic carbocycles. The number of aromatic nitrogens is 2. The summed E-state index contributed by atoms with van der Waals surface area (Å²) in [5.41, 5.74) is 6.63. The summed E-state index contributed by atoms with van der Waals surface area (Å²) in [7, 11) is 0. The Morgan fingerprint density at radius 3 is 2.36 bits per heavy atom. The molecule has 1 saturated heterocycles. The Labute approximate surface area is 265 Å². The number of rotatable bonds is 10. The highest BCUT2D eigenvalue weighted by atomic mass is 32.2. The van der Waals surface area contributed by atoms with E-state index in [9.17, 15) is 9.90 Å². The quantitative estimate of drug-likeness (QED) is 0.158. The summed E-state index contributed by atoms with van der Waals surface area (Å²) in [5.74, 6) is 0.636. The van der Waals surface area contributed by atoms with Gasteiger partial charge >= 0.3 is 0 Å². The molecule has 2 N–H and O–H groups in total. The van der Waals surface area contributed by atoms with Crippen LogP contribution >= 0.6 is 23.1 Å². The van der Waals surface area contributed by atoms with E-state index in [4.69, 9.17) is 9.47 Å². The molecule has 0 saturated carbocycles. The Morgan fingerprint density at radius 2 is 1.64 bits per heavy atom. The molecule has 0 radical (unpaired) electrons. The third-order valence-corrected chi connectivity index (χ3v) is 9.61. The molecule has 1 fully saturated rings. The molecule has 0 unspecified atom stereocenters. The molecule has 6 rings (SSSR count). The van der Waals surface area contributed by atoms with Gasteiger partial charge in [-0.1, -0.05) is 114 Å². The highest BCUT2D eigenvalue weighted by Gasteiger charge is 2.32. The standard InChI is InChI=1S/C35H33N3O4S2/c1-23-37-38-35(44-23)43-22-30-19-32(26-13-11-24(21-39)12-14-26)42-34(41-30)28-17-15-25(16-18-28)31-10-6-5-9-29(31)20-36-33(40)27-7-3-2-4-8-27/h2-18,30,32,34,39H,19-22H2,1H3,(H,36,40)/t30-,32+,34+/m0/s1. The molecule has 9 heteroatoms. The van der Waals surface area contributed by atoms with Gasteiger partial charge in [-0.3, -0.25) is 4.79 Å². The van der Waals surface area contributed by atoms with Gasteiger partial charge in [0.1, 0.15) is 5.01 Å². The third-order valence-electron chi connectivity index (χ3n) is 7.50. The summed E-state index contributed by atoms with van der Waals surface area (Å²) >= 11 is 3.24. The number of nitrogens with one attached hydrogen (secondary N) is 1. The lowest BCUT2D eigenvalue weighted by atomic mass is 9.97. The largest absolute Gasteiger partial charge is 0.392 e. The maximum Gasteiger partial charge on any atom is 0.251 e. The average Bonchev–Trinajstić information content (AvgIpc) is 3.51. The van der Waals surface area contributed by atoms with E-state index >= 15 is 0 Å². The predicted octanol–water partition coefficient (Wildman–Crippen LogP) is 7.27. The van der Waals surface area contributed by atoms with Gasteiger partial charge in [0.2, 0.25) is 0 Å². The number of carbonyl (C=O) groups excluding carboxylic acids is 1. The fourth-order valence-electron chi connectivity index (χ4n) is 5.17. The second kappa shape index (κ2) is 14.3. The minimum absolute atomic E-state index is 0.00689. The minimum atomic E-state index is -0.539. The van der Waals surface area contributed by atoms with Gasteiger partial charge < -0.3 is 19.9 Å². The number of carbonyl (C=O) groups is 1. The van der Waals surface area contributed by atoms with Crippen molar-refractivity contribution in [2.45, 2.75) is 49.3 Å². The number of hydrogen-bond acceptors (Lipinski definition) is 8. The first kappa shape index (κ1) is 30.2. The monoisotopic (exact) mass is 623 g/mol. The number of hydrogen-bond donors (Lipinski definition) is 2. The number of thioether (sulfide) groups is 1. The predicted molar refractivity (Wildman–Crippen MR) is 173 cm³/mol. The van der Waals surface area contributed by atoms with Gasteiger partial charge in [0.05, 0.1) is 18.8 Å². The van der Waals surface area contributed by atoms with E-state index < -0.39 is 6.29 Å². The molecule has 0 bridgehead atoms. The average molecular weight is 624 g/mol. The van der Waals surface area contributed by atoms with Crippen LogP contribution in [0.4, 0.5) is 0 Å². The van der Waals surface area contributed by atoms with Crippen LogP contribution in [0.15, 0.2) is 107 Å². The number of ether oxygens (including phenoxy) is 2. The number of aryl methyl sites for hydroxylation is 1. The maximum absolute atomic E-state index is 12.6. The third kappa shape index (κ3) is 7.43. The molecule has 0 spiro atoms. The molecule has 224 valence electrons. The Bertz CT molecular complexity index is 1680. The summed E-state index contributed by atoms with van der Waals surface area (Å²) in [6, 6.07) is 33.5. The van der Waals surface area contributed by atoms with Crippen molar-refractivity contribution in [3.05, 3.63) is 136 Å². The summed E-state index contributed by atoms with van der Waals surface area (Å²) in [5, 5.41) is 21.9. The second-order valence-electron chi connectivity index (χ2n) is 10.6.